The number of aliphatic hydroxyl groups excluding tert-OH is 4. The summed E-state index contributed by atoms with van der Waals surface area (Å²) in [7, 11) is -10.1. The Morgan fingerprint density at radius 3 is 2.14 bits per heavy atom. The molecule has 1 heterocycles. The summed E-state index contributed by atoms with van der Waals surface area (Å²) in [5.74, 6) is 0.712. The molecule has 43 heavy (non-hydrogen) atoms. The van der Waals surface area contributed by atoms with Gasteiger partial charge in [0.2, 0.25) is 0 Å². The molecular formula is C27H44O14S2. The summed E-state index contributed by atoms with van der Waals surface area (Å²) in [6, 6.07) is 0. The van der Waals surface area contributed by atoms with E-state index in [1.54, 1.807) is 0 Å². The van der Waals surface area contributed by atoms with Crippen molar-refractivity contribution in [3.8, 4) is 0 Å². The molecule has 0 bridgehead atoms. The van der Waals surface area contributed by atoms with Crippen molar-refractivity contribution in [1.82, 2.24) is 0 Å². The average Bonchev–Trinajstić information content (AvgIpc) is 3.28. The van der Waals surface area contributed by atoms with E-state index in [0.29, 0.717) is 30.6 Å². The van der Waals surface area contributed by atoms with Crippen LogP contribution in [0, 0.1) is 40.4 Å². The van der Waals surface area contributed by atoms with E-state index in [9.17, 15) is 46.4 Å². The van der Waals surface area contributed by atoms with Crippen LogP contribution >= 0.6 is 0 Å². The Morgan fingerprint density at radius 1 is 0.860 bits per heavy atom. The van der Waals surface area contributed by atoms with Crippen LogP contribution in [0.4, 0.5) is 0 Å². The van der Waals surface area contributed by atoms with E-state index in [4.69, 9.17) is 13.7 Å². The lowest BCUT2D eigenvalue weighted by Gasteiger charge is -2.63. The monoisotopic (exact) mass is 656 g/mol. The largest absolute Gasteiger partial charge is 0.397 e. The highest BCUT2D eigenvalue weighted by atomic mass is 32.3. The molecule has 0 unspecified atom stereocenters. The summed E-state index contributed by atoms with van der Waals surface area (Å²) in [5, 5.41) is 42.2. The zero-order valence-corrected chi connectivity index (χ0v) is 25.7. The SMILES string of the molecule is C=C[C@H]1CC[C@H]2[C@@H]3CC[C@H]4[C@@H](O[C@@H]5O[C@H](CO)[C@@H](O)[C@H](OS(=O)(=O)O)[C@H]5O)[C@@H](OS(=O)(=O)O)CC[C@]4(CO)[C@H]3CC[C@]12C. The molecule has 5 aliphatic rings. The maximum absolute atomic E-state index is 11.9. The highest BCUT2D eigenvalue weighted by Gasteiger charge is 2.64. The average molecular weight is 657 g/mol. The fraction of sp³-hybridized carbons (Fsp3) is 0.926. The second-order valence-electron chi connectivity index (χ2n) is 13.3. The summed E-state index contributed by atoms with van der Waals surface area (Å²) in [4.78, 5) is 0. The molecule has 0 aromatic carbocycles. The van der Waals surface area contributed by atoms with Gasteiger partial charge >= 0.3 is 20.8 Å². The summed E-state index contributed by atoms with van der Waals surface area (Å²) >= 11 is 0. The smallest absolute Gasteiger partial charge is 0.396 e. The van der Waals surface area contributed by atoms with Crippen LogP contribution in [0.15, 0.2) is 12.7 Å². The molecule has 16 heteroatoms. The van der Waals surface area contributed by atoms with Gasteiger partial charge in [0, 0.05) is 12.0 Å². The Kier molecular flexibility index (Phi) is 9.47. The van der Waals surface area contributed by atoms with Gasteiger partial charge in [0.1, 0.15) is 30.5 Å². The van der Waals surface area contributed by atoms with Crippen LogP contribution in [0.2, 0.25) is 0 Å². The molecule has 1 saturated heterocycles. The van der Waals surface area contributed by atoms with Gasteiger partial charge in [-0.1, -0.05) is 13.0 Å². The maximum atomic E-state index is 11.9. The molecule has 5 rings (SSSR count). The van der Waals surface area contributed by atoms with Crippen LogP contribution in [0.1, 0.15) is 58.3 Å². The quantitative estimate of drug-likeness (QED) is 0.148. The molecular weight excluding hydrogens is 612 g/mol. The summed E-state index contributed by atoms with van der Waals surface area (Å²) in [5.41, 5.74) is -0.601. The van der Waals surface area contributed by atoms with Crippen LogP contribution in [-0.4, -0.2) is 102 Å². The lowest BCUT2D eigenvalue weighted by molar-refractivity contribution is -0.329. The molecule has 6 N–H and O–H groups in total. The van der Waals surface area contributed by atoms with Gasteiger partial charge in [-0.3, -0.25) is 9.11 Å². The molecule has 14 atom stereocenters. The van der Waals surface area contributed by atoms with E-state index in [0.717, 1.165) is 32.1 Å². The summed E-state index contributed by atoms with van der Waals surface area (Å²) in [6.45, 7) is 5.34. The molecule has 0 aromatic rings. The number of fused-ring (bicyclic) bond motifs is 5. The zero-order valence-electron chi connectivity index (χ0n) is 24.0. The third kappa shape index (κ3) is 6.07. The number of hydrogen-bond acceptors (Lipinski definition) is 12. The second kappa shape index (κ2) is 12.1. The van der Waals surface area contributed by atoms with Gasteiger partial charge in [0.25, 0.3) is 0 Å². The van der Waals surface area contributed by atoms with Crippen molar-refractivity contribution in [2.24, 2.45) is 40.4 Å². The molecule has 0 radical (unpaired) electrons. The van der Waals surface area contributed by atoms with Crippen LogP contribution in [0.5, 0.6) is 0 Å². The standard InChI is InChI=1S/C27H44O14S2/c1-3-14-4-6-16-15-5-7-18-23(39-25-22(31)24(41-43(35,36)37)21(30)20(12-28)38-25)19(40-42(32,33)34)9-11-27(18,13-29)17(15)8-10-26(14,16)2/h3,14-25,28-31H,1,4-13H2,2H3,(H,32,33,34)(H,35,36,37)/t14-,15-,16-,17-,18-,19-,20+,21+,22+,23+,24-,25-,26+,27-/m0/s1. The zero-order chi connectivity index (χ0) is 31.5. The van der Waals surface area contributed by atoms with Gasteiger partial charge in [-0.25, -0.2) is 8.37 Å². The van der Waals surface area contributed by atoms with Crippen molar-refractivity contribution in [1.29, 1.82) is 0 Å². The van der Waals surface area contributed by atoms with Crippen LogP contribution in [0.25, 0.3) is 0 Å². The van der Waals surface area contributed by atoms with Crippen LogP contribution < -0.4 is 0 Å². The third-order valence-electron chi connectivity index (χ3n) is 11.6. The van der Waals surface area contributed by atoms with Gasteiger partial charge in [0.15, 0.2) is 6.29 Å². The van der Waals surface area contributed by atoms with Crippen molar-refractivity contribution in [2.75, 3.05) is 13.2 Å². The highest BCUT2D eigenvalue weighted by molar-refractivity contribution is 7.81. The summed E-state index contributed by atoms with van der Waals surface area (Å²) in [6.07, 6.45) is -3.92. The Morgan fingerprint density at radius 2 is 1.53 bits per heavy atom. The number of allylic oxidation sites excluding steroid dienone is 1. The Bertz CT molecular complexity index is 1240. The molecule has 14 nitrogen and oxygen atoms in total. The normalized spacial score (nSPS) is 48.6. The molecule has 0 amide bonds. The van der Waals surface area contributed by atoms with E-state index in [1.807, 2.05) is 0 Å². The number of hydrogen-bond donors (Lipinski definition) is 6. The van der Waals surface area contributed by atoms with E-state index >= 15 is 0 Å². The predicted molar refractivity (Wildman–Crippen MR) is 148 cm³/mol. The van der Waals surface area contributed by atoms with Crippen molar-refractivity contribution in [2.45, 2.75) is 101 Å². The maximum Gasteiger partial charge on any atom is 0.397 e. The Balaban J connectivity index is 1.47. The highest BCUT2D eigenvalue weighted by Crippen LogP contribution is 2.68. The fourth-order valence-electron chi connectivity index (χ4n) is 9.79. The molecule has 248 valence electrons. The van der Waals surface area contributed by atoms with E-state index in [2.05, 4.69) is 23.8 Å². The molecule has 4 aliphatic carbocycles. The third-order valence-corrected chi connectivity index (χ3v) is 12.6. The van der Waals surface area contributed by atoms with Gasteiger partial charge in [0.05, 0.1) is 12.7 Å². The van der Waals surface area contributed by atoms with Gasteiger partial charge < -0.3 is 29.9 Å². The Hall–Kier alpha value is -0.760. The van der Waals surface area contributed by atoms with Crippen molar-refractivity contribution in [3.05, 3.63) is 12.7 Å². The molecule has 1 aliphatic heterocycles. The lowest BCUT2D eigenvalue weighted by Crippen LogP contribution is -2.65. The first-order valence-corrected chi connectivity index (χ1v) is 17.6. The first kappa shape index (κ1) is 33.6. The minimum Gasteiger partial charge on any atom is -0.396 e. The van der Waals surface area contributed by atoms with Crippen molar-refractivity contribution < 1.29 is 64.2 Å². The molecule has 0 aromatic heterocycles. The van der Waals surface area contributed by atoms with Crippen molar-refractivity contribution in [3.63, 3.8) is 0 Å². The Labute approximate surface area is 252 Å². The number of aliphatic hydroxyl groups is 4. The number of ether oxygens (including phenoxy) is 2. The van der Waals surface area contributed by atoms with Crippen molar-refractivity contribution >= 4 is 20.8 Å². The predicted octanol–water partition coefficient (Wildman–Crippen LogP) is 0.614. The summed E-state index contributed by atoms with van der Waals surface area (Å²) < 4.78 is 86.7. The number of rotatable bonds is 9. The molecule has 0 spiro atoms. The van der Waals surface area contributed by atoms with Gasteiger partial charge in [-0.05, 0) is 86.4 Å². The fourth-order valence-corrected chi connectivity index (χ4v) is 10.8. The first-order chi connectivity index (χ1) is 20.1. The molecule has 4 saturated carbocycles. The molecule has 5 fully saturated rings. The van der Waals surface area contributed by atoms with E-state index in [-0.39, 0.29) is 24.4 Å². The second-order valence-corrected chi connectivity index (χ2v) is 15.4. The van der Waals surface area contributed by atoms with Crippen LogP contribution in [0.3, 0.4) is 0 Å². The first-order valence-electron chi connectivity index (χ1n) is 14.9. The minimum atomic E-state index is -5.17. The van der Waals surface area contributed by atoms with E-state index < -0.39 is 81.7 Å². The van der Waals surface area contributed by atoms with Gasteiger partial charge in [-0.2, -0.15) is 16.8 Å². The minimum absolute atomic E-state index is 0.0712. The van der Waals surface area contributed by atoms with Crippen LogP contribution in [-0.2, 0) is 38.6 Å². The lowest BCUT2D eigenvalue weighted by atomic mass is 9.44. The van der Waals surface area contributed by atoms with E-state index in [1.165, 1.54) is 0 Å². The topological polar surface area (TPSA) is 227 Å². The van der Waals surface area contributed by atoms with Gasteiger partial charge in [-0.15, -0.1) is 6.58 Å².